The minimum Gasteiger partial charge on any atom is -0.480 e. The van der Waals surface area contributed by atoms with Crippen LogP contribution in [0.2, 0.25) is 0 Å². The molecule has 7 heteroatoms. The third-order valence-electron chi connectivity index (χ3n) is 2.08. The fourth-order valence-corrected chi connectivity index (χ4v) is 1.42. The lowest BCUT2D eigenvalue weighted by molar-refractivity contribution is -0.155. The Hall–Kier alpha value is -1.92. The van der Waals surface area contributed by atoms with Crippen LogP contribution < -0.4 is 5.73 Å². The summed E-state index contributed by atoms with van der Waals surface area (Å²) in [4.78, 5) is 44.4. The molecule has 0 saturated carbocycles. The highest BCUT2D eigenvalue weighted by Crippen LogP contribution is 2.17. The van der Waals surface area contributed by atoms with E-state index in [0.29, 0.717) is 4.90 Å². The molecule has 15 heavy (non-hydrogen) atoms. The smallest absolute Gasteiger partial charge is 0.327 e. The van der Waals surface area contributed by atoms with Crippen LogP contribution in [-0.4, -0.2) is 39.7 Å². The van der Waals surface area contributed by atoms with Crippen LogP contribution in [0.25, 0.3) is 0 Å². The molecule has 1 saturated heterocycles. The van der Waals surface area contributed by atoms with Gasteiger partial charge in [0.15, 0.2) is 0 Å². The largest absolute Gasteiger partial charge is 0.480 e. The van der Waals surface area contributed by atoms with Gasteiger partial charge in [0.25, 0.3) is 0 Å². The van der Waals surface area contributed by atoms with E-state index in [9.17, 15) is 19.2 Å². The first-order chi connectivity index (χ1) is 6.93. The molecule has 0 bridgehead atoms. The van der Waals surface area contributed by atoms with Gasteiger partial charge in [-0.15, -0.1) is 0 Å². The van der Waals surface area contributed by atoms with E-state index in [-0.39, 0.29) is 12.8 Å². The molecule has 0 aromatic heterocycles. The number of hydrogen-bond donors (Lipinski definition) is 2. The third kappa shape index (κ3) is 2.30. The molecule has 0 aromatic rings. The first kappa shape index (κ1) is 11.2. The lowest BCUT2D eigenvalue weighted by Gasteiger charge is -2.20. The van der Waals surface area contributed by atoms with Crippen molar-refractivity contribution in [1.29, 1.82) is 0 Å². The number of aliphatic carboxylic acids is 1. The second-order valence-electron chi connectivity index (χ2n) is 3.18. The number of hydrogen-bond acceptors (Lipinski definition) is 4. The van der Waals surface area contributed by atoms with E-state index in [1.54, 1.807) is 0 Å². The predicted molar refractivity (Wildman–Crippen MR) is 46.3 cm³/mol. The topological polar surface area (TPSA) is 118 Å². The molecule has 1 aliphatic heterocycles. The lowest BCUT2D eigenvalue weighted by Crippen LogP contribution is -2.46. The van der Waals surface area contributed by atoms with Crippen LogP contribution in [-0.2, 0) is 19.2 Å². The minimum atomic E-state index is -1.47. The van der Waals surface area contributed by atoms with Gasteiger partial charge >= 0.3 is 5.97 Å². The van der Waals surface area contributed by atoms with E-state index in [2.05, 4.69) is 0 Å². The standard InChI is InChI=1S/C8H10N2O5/c9-5(11)3-4(8(14)15)10-6(12)1-2-7(10)13/h4H,1-3H2,(H2,9,11)(H,14,15). The number of rotatable bonds is 4. The Kier molecular flexibility index (Phi) is 3.03. The summed E-state index contributed by atoms with van der Waals surface area (Å²) in [6, 6.07) is -1.47. The van der Waals surface area contributed by atoms with Gasteiger partial charge in [0.05, 0.1) is 6.42 Å². The van der Waals surface area contributed by atoms with Crippen LogP contribution in [0.3, 0.4) is 0 Å². The highest BCUT2D eigenvalue weighted by Gasteiger charge is 2.39. The molecule has 82 valence electrons. The van der Waals surface area contributed by atoms with Crippen molar-refractivity contribution in [1.82, 2.24) is 4.90 Å². The number of nitrogens with zero attached hydrogens (tertiary/aromatic N) is 1. The van der Waals surface area contributed by atoms with Gasteiger partial charge in [-0.1, -0.05) is 0 Å². The Morgan fingerprint density at radius 1 is 1.33 bits per heavy atom. The van der Waals surface area contributed by atoms with Gasteiger partial charge < -0.3 is 10.8 Å². The number of likely N-dealkylation sites (tertiary alicyclic amines) is 1. The highest BCUT2D eigenvalue weighted by atomic mass is 16.4. The summed E-state index contributed by atoms with van der Waals surface area (Å²) in [5.74, 6) is -3.42. The number of nitrogens with two attached hydrogens (primary N) is 1. The van der Waals surface area contributed by atoms with Crippen LogP contribution in [0.5, 0.6) is 0 Å². The van der Waals surface area contributed by atoms with Crippen molar-refractivity contribution in [2.45, 2.75) is 25.3 Å². The summed E-state index contributed by atoms with van der Waals surface area (Å²) in [6.07, 6.45) is -0.574. The van der Waals surface area contributed by atoms with Gasteiger partial charge in [-0.2, -0.15) is 0 Å². The van der Waals surface area contributed by atoms with Gasteiger partial charge in [-0.3, -0.25) is 19.3 Å². The van der Waals surface area contributed by atoms with Crippen molar-refractivity contribution in [3.63, 3.8) is 0 Å². The fraction of sp³-hybridized carbons (Fsp3) is 0.500. The molecule has 1 atom stereocenters. The van der Waals surface area contributed by atoms with E-state index in [1.807, 2.05) is 0 Å². The zero-order valence-electron chi connectivity index (χ0n) is 7.80. The molecule has 3 N–H and O–H groups in total. The monoisotopic (exact) mass is 214 g/mol. The van der Waals surface area contributed by atoms with Crippen LogP contribution in [0.1, 0.15) is 19.3 Å². The summed E-state index contributed by atoms with van der Waals surface area (Å²) in [7, 11) is 0. The van der Waals surface area contributed by atoms with Crippen LogP contribution >= 0.6 is 0 Å². The average molecular weight is 214 g/mol. The Labute approximate surface area is 84.8 Å². The van der Waals surface area contributed by atoms with E-state index in [1.165, 1.54) is 0 Å². The molecule has 1 unspecified atom stereocenters. The maximum absolute atomic E-state index is 11.2. The van der Waals surface area contributed by atoms with Crippen LogP contribution in [0.15, 0.2) is 0 Å². The normalized spacial score (nSPS) is 18.0. The van der Waals surface area contributed by atoms with Gasteiger partial charge in [-0.05, 0) is 0 Å². The number of carboxylic acids is 1. The van der Waals surface area contributed by atoms with Gasteiger partial charge in [0.2, 0.25) is 17.7 Å². The number of carbonyl (C=O) groups excluding carboxylic acids is 3. The highest BCUT2D eigenvalue weighted by molar-refractivity contribution is 6.05. The summed E-state index contributed by atoms with van der Waals surface area (Å²) in [6.45, 7) is 0. The van der Waals surface area contributed by atoms with E-state index in [4.69, 9.17) is 10.8 Å². The first-order valence-electron chi connectivity index (χ1n) is 4.29. The van der Waals surface area contributed by atoms with E-state index in [0.717, 1.165) is 0 Å². The van der Waals surface area contributed by atoms with Gasteiger partial charge in [-0.25, -0.2) is 4.79 Å². The quantitative estimate of drug-likeness (QED) is 0.550. The molecule has 7 nitrogen and oxygen atoms in total. The van der Waals surface area contributed by atoms with E-state index < -0.39 is 36.2 Å². The molecule has 1 fully saturated rings. The average Bonchev–Trinajstić information content (AvgIpc) is 2.42. The lowest BCUT2D eigenvalue weighted by atomic mass is 10.2. The maximum atomic E-state index is 11.2. The summed E-state index contributed by atoms with van der Waals surface area (Å²) >= 11 is 0. The molecular weight excluding hydrogens is 204 g/mol. The second-order valence-corrected chi connectivity index (χ2v) is 3.18. The Morgan fingerprint density at radius 2 is 1.80 bits per heavy atom. The SMILES string of the molecule is NC(=O)CC(C(=O)O)N1C(=O)CCC1=O. The maximum Gasteiger partial charge on any atom is 0.327 e. The molecule has 1 aliphatic rings. The van der Waals surface area contributed by atoms with Crippen LogP contribution in [0.4, 0.5) is 0 Å². The summed E-state index contributed by atoms with van der Waals surface area (Å²) in [5, 5.41) is 8.76. The molecule has 0 radical (unpaired) electrons. The molecule has 3 amide bonds. The molecule has 0 aliphatic carbocycles. The predicted octanol–water partition coefficient (Wildman–Crippen LogP) is -1.54. The first-order valence-corrected chi connectivity index (χ1v) is 4.29. The number of carbonyl (C=O) groups is 4. The summed E-state index contributed by atoms with van der Waals surface area (Å²) in [5.41, 5.74) is 4.84. The Bertz CT molecular complexity index is 322. The molecule has 0 spiro atoms. The van der Waals surface area contributed by atoms with Crippen molar-refractivity contribution >= 4 is 23.7 Å². The van der Waals surface area contributed by atoms with Gasteiger partial charge in [0, 0.05) is 12.8 Å². The summed E-state index contributed by atoms with van der Waals surface area (Å²) < 4.78 is 0. The Balaban J connectivity index is 2.88. The molecular formula is C8H10N2O5. The van der Waals surface area contributed by atoms with Crippen LogP contribution in [0, 0.1) is 0 Å². The minimum absolute atomic E-state index is 0.0125. The number of imide groups is 1. The molecule has 1 rings (SSSR count). The van der Waals surface area contributed by atoms with Crippen molar-refractivity contribution < 1.29 is 24.3 Å². The van der Waals surface area contributed by atoms with Crippen molar-refractivity contribution in [3.05, 3.63) is 0 Å². The number of carboxylic acid groups (broad SMARTS) is 1. The third-order valence-corrected chi connectivity index (χ3v) is 2.08. The molecule has 0 aromatic carbocycles. The van der Waals surface area contributed by atoms with E-state index >= 15 is 0 Å². The number of amides is 3. The second kappa shape index (κ2) is 4.07. The zero-order chi connectivity index (χ0) is 11.6. The molecule has 1 heterocycles. The van der Waals surface area contributed by atoms with Crippen molar-refractivity contribution in [2.24, 2.45) is 5.73 Å². The fourth-order valence-electron chi connectivity index (χ4n) is 1.42. The van der Waals surface area contributed by atoms with Gasteiger partial charge in [0.1, 0.15) is 6.04 Å². The number of primary amides is 1. The van der Waals surface area contributed by atoms with Crippen molar-refractivity contribution in [3.8, 4) is 0 Å². The van der Waals surface area contributed by atoms with Crippen molar-refractivity contribution in [2.75, 3.05) is 0 Å². The Morgan fingerprint density at radius 3 is 2.13 bits per heavy atom. The zero-order valence-corrected chi connectivity index (χ0v) is 7.80.